The summed E-state index contributed by atoms with van der Waals surface area (Å²) in [6.45, 7) is 4.00. The second-order valence-corrected chi connectivity index (χ2v) is 9.95. The molecule has 1 aliphatic carbocycles. The van der Waals surface area contributed by atoms with Crippen LogP contribution in [0.25, 0.3) is 0 Å². The second-order valence-electron chi connectivity index (χ2n) is 7.72. The normalized spacial score (nSPS) is 20.9. The van der Waals surface area contributed by atoms with Gasteiger partial charge in [0, 0.05) is 12.1 Å². The summed E-state index contributed by atoms with van der Waals surface area (Å²) in [7, 11) is -3.08. The van der Waals surface area contributed by atoms with E-state index < -0.39 is 15.8 Å². The van der Waals surface area contributed by atoms with Crippen LogP contribution in [0, 0.1) is 0 Å². The zero-order valence-corrected chi connectivity index (χ0v) is 17.1. The van der Waals surface area contributed by atoms with Gasteiger partial charge in [-0.1, -0.05) is 12.1 Å². The molecular weight excluding hydrogens is 382 g/mol. The minimum absolute atomic E-state index is 0.00307. The van der Waals surface area contributed by atoms with Gasteiger partial charge in [0.2, 0.25) is 0 Å². The van der Waals surface area contributed by atoms with E-state index in [9.17, 15) is 18.0 Å². The third-order valence-electron chi connectivity index (χ3n) is 4.93. The first-order valence-corrected chi connectivity index (χ1v) is 11.5. The lowest BCUT2D eigenvalue weighted by Gasteiger charge is -2.28. The Morgan fingerprint density at radius 1 is 1.11 bits per heavy atom. The first kappa shape index (κ1) is 20.8. The first-order chi connectivity index (χ1) is 13.2. The molecule has 8 heteroatoms. The molecule has 1 aliphatic heterocycles. The molecule has 2 aliphatic rings. The minimum atomic E-state index is -3.08. The SMILES string of the molecule is CC(C)OCc1ccc(C(=O)OCC(=O)N(C2CC2)[C@H]2CCS(=O)(=O)C2)cc1. The number of carbonyl (C=O) groups excluding carboxylic acids is 2. The lowest BCUT2D eigenvalue weighted by Crippen LogP contribution is -2.44. The van der Waals surface area contributed by atoms with E-state index in [4.69, 9.17) is 9.47 Å². The number of esters is 1. The van der Waals surface area contributed by atoms with E-state index in [2.05, 4.69) is 0 Å². The van der Waals surface area contributed by atoms with Crippen molar-refractivity contribution in [3.63, 3.8) is 0 Å². The van der Waals surface area contributed by atoms with Crippen molar-refractivity contribution < 1.29 is 27.5 Å². The van der Waals surface area contributed by atoms with E-state index in [1.54, 1.807) is 29.2 Å². The zero-order chi connectivity index (χ0) is 20.3. The number of sulfone groups is 1. The smallest absolute Gasteiger partial charge is 0.338 e. The van der Waals surface area contributed by atoms with E-state index in [1.807, 2.05) is 13.8 Å². The van der Waals surface area contributed by atoms with Gasteiger partial charge in [-0.3, -0.25) is 4.79 Å². The Balaban J connectivity index is 1.53. The first-order valence-electron chi connectivity index (χ1n) is 9.64. The molecule has 1 aromatic carbocycles. The van der Waals surface area contributed by atoms with Crippen LogP contribution in [0.1, 0.15) is 49.0 Å². The Morgan fingerprint density at radius 2 is 1.79 bits per heavy atom. The van der Waals surface area contributed by atoms with Crippen LogP contribution in [0.4, 0.5) is 0 Å². The molecule has 0 bridgehead atoms. The highest BCUT2D eigenvalue weighted by molar-refractivity contribution is 7.91. The highest BCUT2D eigenvalue weighted by Crippen LogP contribution is 2.32. The summed E-state index contributed by atoms with van der Waals surface area (Å²) < 4.78 is 34.2. The van der Waals surface area contributed by atoms with Crippen molar-refractivity contribution in [2.45, 2.75) is 57.9 Å². The fraction of sp³-hybridized carbons (Fsp3) is 0.600. The Morgan fingerprint density at radius 3 is 2.32 bits per heavy atom. The van der Waals surface area contributed by atoms with Gasteiger partial charge < -0.3 is 14.4 Å². The molecule has 1 saturated heterocycles. The maximum Gasteiger partial charge on any atom is 0.338 e. The van der Waals surface area contributed by atoms with Gasteiger partial charge in [0.1, 0.15) is 0 Å². The number of amides is 1. The summed E-state index contributed by atoms with van der Waals surface area (Å²) in [5.74, 6) is -0.774. The van der Waals surface area contributed by atoms with Crippen LogP contribution in [-0.2, 0) is 30.7 Å². The van der Waals surface area contributed by atoms with Crippen molar-refractivity contribution >= 4 is 21.7 Å². The third kappa shape index (κ3) is 5.54. The van der Waals surface area contributed by atoms with Crippen LogP contribution >= 0.6 is 0 Å². The average Bonchev–Trinajstić information content (AvgIpc) is 3.41. The molecule has 28 heavy (non-hydrogen) atoms. The molecule has 0 N–H and O–H groups in total. The summed E-state index contributed by atoms with van der Waals surface area (Å²) >= 11 is 0. The zero-order valence-electron chi connectivity index (χ0n) is 16.3. The number of hydrogen-bond donors (Lipinski definition) is 0. The van der Waals surface area contributed by atoms with Gasteiger partial charge in [-0.2, -0.15) is 0 Å². The molecule has 1 amide bonds. The molecule has 7 nitrogen and oxygen atoms in total. The Labute approximate surface area is 165 Å². The standard InChI is InChI=1S/C20H27NO6S/c1-14(2)26-11-15-3-5-16(6-4-15)20(23)27-12-19(22)21(17-7-8-17)18-9-10-28(24,25)13-18/h3-6,14,17-18H,7-13H2,1-2H3/t18-/m0/s1. The minimum Gasteiger partial charge on any atom is -0.452 e. The van der Waals surface area contributed by atoms with Gasteiger partial charge in [-0.05, 0) is 50.8 Å². The number of ether oxygens (including phenoxy) is 2. The Bertz CT molecular complexity index is 814. The number of rotatable bonds is 8. The van der Waals surface area contributed by atoms with Crippen molar-refractivity contribution in [1.82, 2.24) is 4.90 Å². The van der Waals surface area contributed by atoms with E-state index in [0.29, 0.717) is 18.6 Å². The van der Waals surface area contributed by atoms with Crippen LogP contribution < -0.4 is 0 Å². The molecule has 0 unspecified atom stereocenters. The highest BCUT2D eigenvalue weighted by Gasteiger charge is 2.42. The van der Waals surface area contributed by atoms with Crippen molar-refractivity contribution in [1.29, 1.82) is 0 Å². The monoisotopic (exact) mass is 409 g/mol. The molecule has 1 atom stereocenters. The molecular formula is C20H27NO6S. The third-order valence-corrected chi connectivity index (χ3v) is 6.68. The number of carbonyl (C=O) groups is 2. The van der Waals surface area contributed by atoms with E-state index in [-0.39, 0.29) is 42.2 Å². The van der Waals surface area contributed by atoms with Crippen molar-refractivity contribution in [3.05, 3.63) is 35.4 Å². The predicted molar refractivity (Wildman–Crippen MR) is 104 cm³/mol. The summed E-state index contributed by atoms with van der Waals surface area (Å²) in [5, 5.41) is 0. The molecule has 1 aromatic rings. The largest absolute Gasteiger partial charge is 0.452 e. The van der Waals surface area contributed by atoms with Crippen molar-refractivity contribution in [2.75, 3.05) is 18.1 Å². The van der Waals surface area contributed by atoms with Crippen LogP contribution in [0.15, 0.2) is 24.3 Å². The quantitative estimate of drug-likeness (QED) is 0.610. The molecule has 0 aromatic heterocycles. The van der Waals surface area contributed by atoms with E-state index >= 15 is 0 Å². The van der Waals surface area contributed by atoms with Crippen molar-refractivity contribution in [2.24, 2.45) is 0 Å². The van der Waals surface area contributed by atoms with Gasteiger partial charge in [0.25, 0.3) is 5.91 Å². The lowest BCUT2D eigenvalue weighted by molar-refractivity contribution is -0.137. The lowest BCUT2D eigenvalue weighted by atomic mass is 10.1. The van der Waals surface area contributed by atoms with Gasteiger partial charge in [0.05, 0.1) is 29.8 Å². The summed E-state index contributed by atoms with van der Waals surface area (Å²) in [4.78, 5) is 26.5. The maximum absolute atomic E-state index is 12.6. The molecule has 0 spiro atoms. The van der Waals surface area contributed by atoms with Crippen LogP contribution in [-0.4, -0.2) is 61.5 Å². The van der Waals surface area contributed by atoms with Gasteiger partial charge >= 0.3 is 5.97 Å². The Hall–Kier alpha value is -1.93. The van der Waals surface area contributed by atoms with Gasteiger partial charge in [0.15, 0.2) is 16.4 Å². The van der Waals surface area contributed by atoms with E-state index in [0.717, 1.165) is 18.4 Å². The molecule has 1 heterocycles. The van der Waals surface area contributed by atoms with Gasteiger partial charge in [-0.15, -0.1) is 0 Å². The Kier molecular flexibility index (Phi) is 6.40. The molecule has 2 fully saturated rings. The molecule has 1 saturated carbocycles. The van der Waals surface area contributed by atoms with Crippen molar-refractivity contribution in [3.8, 4) is 0 Å². The number of benzene rings is 1. The topological polar surface area (TPSA) is 90.0 Å². The summed E-state index contributed by atoms with van der Waals surface area (Å²) in [5.41, 5.74) is 1.31. The van der Waals surface area contributed by atoms with Crippen LogP contribution in [0.3, 0.4) is 0 Å². The highest BCUT2D eigenvalue weighted by atomic mass is 32.2. The second kappa shape index (κ2) is 8.61. The predicted octanol–water partition coefficient (Wildman–Crippen LogP) is 1.95. The summed E-state index contributed by atoms with van der Waals surface area (Å²) in [6.07, 6.45) is 2.32. The molecule has 0 radical (unpaired) electrons. The molecule has 154 valence electrons. The number of hydrogen-bond acceptors (Lipinski definition) is 6. The van der Waals surface area contributed by atoms with Crippen LogP contribution in [0.2, 0.25) is 0 Å². The average molecular weight is 410 g/mol. The van der Waals surface area contributed by atoms with Crippen LogP contribution in [0.5, 0.6) is 0 Å². The molecule has 3 rings (SSSR count). The fourth-order valence-electron chi connectivity index (χ4n) is 3.34. The number of nitrogens with zero attached hydrogens (tertiary/aromatic N) is 1. The fourth-order valence-corrected chi connectivity index (χ4v) is 5.05. The maximum atomic E-state index is 12.6. The van der Waals surface area contributed by atoms with E-state index in [1.165, 1.54) is 0 Å². The summed E-state index contributed by atoms with van der Waals surface area (Å²) in [6, 6.07) is 6.65. The van der Waals surface area contributed by atoms with Gasteiger partial charge in [-0.25, -0.2) is 13.2 Å².